The minimum absolute atomic E-state index is 0.579. The van der Waals surface area contributed by atoms with Crippen molar-refractivity contribution in [1.29, 1.82) is 0 Å². The third-order valence-electron chi connectivity index (χ3n) is 4.13. The zero-order valence-electron chi connectivity index (χ0n) is 12.6. The molecule has 0 aromatic heterocycles. The molecule has 0 spiro atoms. The highest BCUT2D eigenvalue weighted by molar-refractivity contribution is 5.58. The smallest absolute Gasteiger partial charge is 0.0405 e. The quantitative estimate of drug-likeness (QED) is 0.834. The van der Waals surface area contributed by atoms with Crippen molar-refractivity contribution in [2.75, 3.05) is 18.4 Å². The number of anilines is 1. The van der Waals surface area contributed by atoms with Crippen LogP contribution in [-0.2, 0) is 0 Å². The molecule has 1 unspecified atom stereocenters. The zero-order chi connectivity index (χ0) is 13.7. The van der Waals surface area contributed by atoms with E-state index in [1.807, 2.05) is 0 Å². The van der Waals surface area contributed by atoms with E-state index in [1.165, 1.54) is 49.0 Å². The Morgan fingerprint density at radius 2 is 2.16 bits per heavy atom. The van der Waals surface area contributed by atoms with Gasteiger partial charge < -0.3 is 10.6 Å². The second-order valence-corrected chi connectivity index (χ2v) is 6.06. The molecule has 1 heterocycles. The first-order valence-electron chi connectivity index (χ1n) is 7.75. The SMILES string of the molecule is Cc1cccc(C(C)C)c1NCCC1CCCCN1. The van der Waals surface area contributed by atoms with E-state index < -0.39 is 0 Å². The number of hydrogen-bond donors (Lipinski definition) is 2. The largest absolute Gasteiger partial charge is 0.385 e. The molecule has 2 rings (SSSR count). The van der Waals surface area contributed by atoms with Gasteiger partial charge in [0, 0.05) is 18.3 Å². The lowest BCUT2D eigenvalue weighted by molar-refractivity contribution is 0.389. The van der Waals surface area contributed by atoms with Crippen LogP contribution in [0.5, 0.6) is 0 Å². The highest BCUT2D eigenvalue weighted by Crippen LogP contribution is 2.27. The summed E-state index contributed by atoms with van der Waals surface area (Å²) >= 11 is 0. The van der Waals surface area contributed by atoms with Crippen molar-refractivity contribution in [2.24, 2.45) is 0 Å². The van der Waals surface area contributed by atoms with Gasteiger partial charge in [-0.1, -0.05) is 38.5 Å². The predicted molar refractivity (Wildman–Crippen MR) is 84.0 cm³/mol. The number of hydrogen-bond acceptors (Lipinski definition) is 2. The van der Waals surface area contributed by atoms with Crippen LogP contribution in [0.1, 0.15) is 56.6 Å². The predicted octanol–water partition coefficient (Wildman–Crippen LogP) is 4.06. The maximum absolute atomic E-state index is 3.67. The first kappa shape index (κ1) is 14.4. The monoisotopic (exact) mass is 260 g/mol. The molecule has 1 aromatic rings. The van der Waals surface area contributed by atoms with Crippen molar-refractivity contribution in [3.8, 4) is 0 Å². The summed E-state index contributed by atoms with van der Waals surface area (Å²) in [4.78, 5) is 0. The molecule has 1 saturated heterocycles. The Morgan fingerprint density at radius 1 is 1.32 bits per heavy atom. The fraction of sp³-hybridized carbons (Fsp3) is 0.647. The summed E-state index contributed by atoms with van der Waals surface area (Å²) in [5, 5.41) is 7.29. The maximum atomic E-state index is 3.67. The Labute approximate surface area is 118 Å². The normalized spacial score (nSPS) is 19.7. The van der Waals surface area contributed by atoms with Gasteiger partial charge in [0.15, 0.2) is 0 Å². The minimum Gasteiger partial charge on any atom is -0.385 e. The Hall–Kier alpha value is -1.02. The third kappa shape index (κ3) is 3.97. The highest BCUT2D eigenvalue weighted by atomic mass is 14.9. The van der Waals surface area contributed by atoms with Crippen LogP contribution < -0.4 is 10.6 Å². The summed E-state index contributed by atoms with van der Waals surface area (Å²) < 4.78 is 0. The van der Waals surface area contributed by atoms with Gasteiger partial charge in [0.2, 0.25) is 0 Å². The number of piperidine rings is 1. The molecule has 0 radical (unpaired) electrons. The Morgan fingerprint density at radius 3 is 2.84 bits per heavy atom. The van der Waals surface area contributed by atoms with Crippen molar-refractivity contribution < 1.29 is 0 Å². The standard InChI is InChI=1S/C17H28N2/c1-13(2)16-9-6-7-14(3)17(16)19-12-10-15-8-4-5-11-18-15/h6-7,9,13,15,18-19H,4-5,8,10-12H2,1-3H3. The molecule has 2 nitrogen and oxygen atoms in total. The molecule has 19 heavy (non-hydrogen) atoms. The van der Waals surface area contributed by atoms with E-state index in [1.54, 1.807) is 0 Å². The van der Waals surface area contributed by atoms with Gasteiger partial charge >= 0.3 is 0 Å². The van der Waals surface area contributed by atoms with E-state index in [4.69, 9.17) is 0 Å². The maximum Gasteiger partial charge on any atom is 0.0405 e. The van der Waals surface area contributed by atoms with Crippen LogP contribution in [0.25, 0.3) is 0 Å². The van der Waals surface area contributed by atoms with Gasteiger partial charge in [-0.25, -0.2) is 0 Å². The first-order chi connectivity index (χ1) is 9.18. The van der Waals surface area contributed by atoms with Crippen LogP contribution in [0.4, 0.5) is 5.69 Å². The van der Waals surface area contributed by atoms with Crippen molar-refractivity contribution in [3.05, 3.63) is 29.3 Å². The lowest BCUT2D eigenvalue weighted by atomic mass is 9.97. The van der Waals surface area contributed by atoms with E-state index >= 15 is 0 Å². The second kappa shape index (κ2) is 6.95. The van der Waals surface area contributed by atoms with Gasteiger partial charge in [-0.05, 0) is 49.8 Å². The molecule has 0 amide bonds. The van der Waals surface area contributed by atoms with Gasteiger partial charge in [0.25, 0.3) is 0 Å². The van der Waals surface area contributed by atoms with E-state index in [0.717, 1.165) is 6.54 Å². The Balaban J connectivity index is 1.91. The molecule has 0 bridgehead atoms. The number of aryl methyl sites for hydroxylation is 1. The van der Waals surface area contributed by atoms with E-state index in [0.29, 0.717) is 12.0 Å². The molecule has 1 aliphatic rings. The lowest BCUT2D eigenvalue weighted by Crippen LogP contribution is -2.35. The van der Waals surface area contributed by atoms with E-state index in [9.17, 15) is 0 Å². The molecule has 0 saturated carbocycles. The summed E-state index contributed by atoms with van der Waals surface area (Å²) in [7, 11) is 0. The van der Waals surface area contributed by atoms with Crippen molar-refractivity contribution in [1.82, 2.24) is 5.32 Å². The second-order valence-electron chi connectivity index (χ2n) is 6.06. The summed E-state index contributed by atoms with van der Waals surface area (Å²) in [6.07, 6.45) is 5.30. The Kier molecular flexibility index (Phi) is 5.26. The number of nitrogens with one attached hydrogen (secondary N) is 2. The number of rotatable bonds is 5. The van der Waals surface area contributed by atoms with Crippen LogP contribution in [0.3, 0.4) is 0 Å². The van der Waals surface area contributed by atoms with Crippen molar-refractivity contribution in [2.45, 2.75) is 58.4 Å². The lowest BCUT2D eigenvalue weighted by Gasteiger charge is -2.24. The van der Waals surface area contributed by atoms with Gasteiger partial charge in [-0.2, -0.15) is 0 Å². The summed E-state index contributed by atoms with van der Waals surface area (Å²) in [6, 6.07) is 7.33. The molecule has 106 valence electrons. The summed E-state index contributed by atoms with van der Waals surface area (Å²) in [5.41, 5.74) is 4.16. The molecule has 1 aromatic carbocycles. The van der Waals surface area contributed by atoms with Gasteiger partial charge in [-0.3, -0.25) is 0 Å². The average Bonchev–Trinajstić information content (AvgIpc) is 2.41. The minimum atomic E-state index is 0.579. The molecule has 1 fully saturated rings. The number of benzene rings is 1. The van der Waals surface area contributed by atoms with Crippen LogP contribution in [-0.4, -0.2) is 19.1 Å². The fourth-order valence-corrected chi connectivity index (χ4v) is 2.95. The topological polar surface area (TPSA) is 24.1 Å². The van der Waals surface area contributed by atoms with E-state index in [-0.39, 0.29) is 0 Å². The van der Waals surface area contributed by atoms with Gasteiger partial charge in [0.05, 0.1) is 0 Å². The third-order valence-corrected chi connectivity index (χ3v) is 4.13. The summed E-state index contributed by atoms with van der Waals surface area (Å²) in [5.74, 6) is 0.579. The molecular formula is C17H28N2. The van der Waals surface area contributed by atoms with Crippen LogP contribution in [0.2, 0.25) is 0 Å². The van der Waals surface area contributed by atoms with Crippen LogP contribution >= 0.6 is 0 Å². The number of para-hydroxylation sites is 1. The molecule has 0 aliphatic carbocycles. The molecule has 2 N–H and O–H groups in total. The van der Waals surface area contributed by atoms with Gasteiger partial charge in [0.1, 0.15) is 0 Å². The molecule has 1 aliphatic heterocycles. The Bertz CT molecular complexity index is 392. The zero-order valence-corrected chi connectivity index (χ0v) is 12.6. The molecule has 2 heteroatoms. The highest BCUT2D eigenvalue weighted by Gasteiger charge is 2.13. The molecular weight excluding hydrogens is 232 g/mol. The van der Waals surface area contributed by atoms with Crippen LogP contribution in [0, 0.1) is 6.92 Å². The fourth-order valence-electron chi connectivity index (χ4n) is 2.95. The first-order valence-corrected chi connectivity index (χ1v) is 7.75. The van der Waals surface area contributed by atoms with Gasteiger partial charge in [-0.15, -0.1) is 0 Å². The molecule has 1 atom stereocenters. The van der Waals surface area contributed by atoms with Crippen molar-refractivity contribution >= 4 is 5.69 Å². The summed E-state index contributed by atoms with van der Waals surface area (Å²) in [6.45, 7) is 9.01. The average molecular weight is 260 g/mol. The van der Waals surface area contributed by atoms with Crippen molar-refractivity contribution in [3.63, 3.8) is 0 Å². The van der Waals surface area contributed by atoms with Crippen LogP contribution in [0.15, 0.2) is 18.2 Å². The van der Waals surface area contributed by atoms with E-state index in [2.05, 4.69) is 49.6 Å².